The smallest absolute Gasteiger partial charge is 0.417 e. The highest BCUT2D eigenvalue weighted by Crippen LogP contribution is 2.65. The van der Waals surface area contributed by atoms with Gasteiger partial charge in [0, 0.05) is 29.2 Å². The van der Waals surface area contributed by atoms with Crippen LogP contribution in [0.1, 0.15) is 54.4 Å². The number of amides is 4. The summed E-state index contributed by atoms with van der Waals surface area (Å²) in [5.41, 5.74) is 1.58. The topological polar surface area (TPSA) is 120 Å². The number of phenolic OH excluding ortho intramolecular Hbond substituents is 1. The summed E-state index contributed by atoms with van der Waals surface area (Å²) in [4.78, 5) is 62.7. The summed E-state index contributed by atoms with van der Waals surface area (Å²) < 4.78 is 40.3. The van der Waals surface area contributed by atoms with Crippen LogP contribution < -0.4 is 5.43 Å². The molecule has 0 spiro atoms. The Bertz CT molecular complexity index is 2050. The molecule has 4 amide bonds. The second-order valence-electron chi connectivity index (χ2n) is 13.6. The van der Waals surface area contributed by atoms with Crippen molar-refractivity contribution in [3.63, 3.8) is 0 Å². The quantitative estimate of drug-likeness (QED) is 0.184. The van der Waals surface area contributed by atoms with E-state index in [2.05, 4.69) is 17.0 Å². The number of pyridine rings is 1. The number of nitrogens with zero attached hydrogens (tertiary/aromatic N) is 3. The Hall–Kier alpha value is -4.68. The number of hydrazine groups is 1. The molecule has 7 rings (SSSR count). The lowest BCUT2D eigenvalue weighted by Crippen LogP contribution is -2.53. The van der Waals surface area contributed by atoms with E-state index in [0.717, 1.165) is 5.01 Å². The summed E-state index contributed by atoms with van der Waals surface area (Å²) in [5.74, 6) is -6.98. The molecule has 4 aliphatic rings. The van der Waals surface area contributed by atoms with E-state index in [0.29, 0.717) is 46.0 Å². The van der Waals surface area contributed by atoms with Crippen LogP contribution in [0.25, 0.3) is 0 Å². The molecule has 2 aromatic carbocycles. The van der Waals surface area contributed by atoms with Gasteiger partial charge >= 0.3 is 6.18 Å². The van der Waals surface area contributed by atoms with Gasteiger partial charge in [0.25, 0.3) is 11.8 Å². The molecule has 9 nitrogen and oxygen atoms in total. The standard InChI is InChI=1S/C38H33Cl2F3N4O5/c1-3-6-19-7-5-8-25(31(19)48)30-23-13-14-24-29(35(51)46(15-4-2)33(24)49)26(23)17-27-34(50)47(36(52)37(27,30)20-9-11-22(39)12-10-20)45-32-28(40)16-21(18-44-32)38(41,42)43/h3,5,7-13,16,18,24,26-27,29-30,48H,1,4,6,14-15,17H2,2H3,(H,44,45). The van der Waals surface area contributed by atoms with Crippen LogP contribution in [-0.2, 0) is 37.2 Å². The van der Waals surface area contributed by atoms with Crippen molar-refractivity contribution in [1.29, 1.82) is 0 Å². The van der Waals surface area contributed by atoms with Crippen LogP contribution in [0.15, 0.2) is 79.0 Å². The zero-order chi connectivity index (χ0) is 37.3. The maximum atomic E-state index is 15.3. The van der Waals surface area contributed by atoms with Crippen LogP contribution >= 0.6 is 23.2 Å². The van der Waals surface area contributed by atoms with Gasteiger partial charge in [-0.1, -0.05) is 78.2 Å². The third-order valence-corrected chi connectivity index (χ3v) is 11.5. The van der Waals surface area contributed by atoms with Gasteiger partial charge in [-0.05, 0) is 60.9 Å². The fourth-order valence-corrected chi connectivity index (χ4v) is 9.14. The monoisotopic (exact) mass is 752 g/mol. The Labute approximate surface area is 307 Å². The number of aromatic hydroxyl groups is 1. The van der Waals surface area contributed by atoms with Gasteiger partial charge in [-0.25, -0.2) is 4.98 Å². The fourth-order valence-electron chi connectivity index (χ4n) is 8.80. The average molecular weight is 754 g/mol. The largest absolute Gasteiger partial charge is 0.507 e. The number of carbonyl (C=O) groups is 4. The van der Waals surface area contributed by atoms with Gasteiger partial charge in [-0.3, -0.25) is 29.5 Å². The Morgan fingerprint density at radius 3 is 2.44 bits per heavy atom. The number of fused-ring (bicyclic) bond motifs is 4. The zero-order valence-electron chi connectivity index (χ0n) is 27.8. The minimum atomic E-state index is -4.75. The van der Waals surface area contributed by atoms with Crippen LogP contribution in [-0.4, -0.2) is 50.2 Å². The first kappa shape index (κ1) is 35.7. The van der Waals surface area contributed by atoms with Crippen molar-refractivity contribution in [2.75, 3.05) is 12.0 Å². The van der Waals surface area contributed by atoms with Crippen molar-refractivity contribution < 1.29 is 37.5 Å². The predicted molar refractivity (Wildman–Crippen MR) is 186 cm³/mol. The van der Waals surface area contributed by atoms with Gasteiger partial charge in [0.15, 0.2) is 5.82 Å². The van der Waals surface area contributed by atoms with E-state index < -0.39 is 63.6 Å². The second kappa shape index (κ2) is 13.1. The number of alkyl halides is 3. The Kier molecular flexibility index (Phi) is 8.98. The molecule has 2 saturated heterocycles. The molecule has 6 unspecified atom stereocenters. The van der Waals surface area contributed by atoms with Crippen LogP contribution in [0.2, 0.25) is 10.0 Å². The normalized spacial score (nSPS) is 27.0. The lowest BCUT2D eigenvalue weighted by atomic mass is 9.49. The van der Waals surface area contributed by atoms with Crippen LogP contribution in [0.3, 0.4) is 0 Å². The molecule has 0 radical (unpaired) electrons. The summed E-state index contributed by atoms with van der Waals surface area (Å²) in [5, 5.41) is 12.5. The van der Waals surface area contributed by atoms with E-state index in [9.17, 15) is 32.7 Å². The summed E-state index contributed by atoms with van der Waals surface area (Å²) >= 11 is 12.6. The average Bonchev–Trinajstić information content (AvgIpc) is 3.47. The number of halogens is 5. The molecule has 3 fully saturated rings. The Morgan fingerprint density at radius 1 is 1.06 bits per heavy atom. The number of allylic oxidation sites excluding steroid dienone is 3. The van der Waals surface area contributed by atoms with Crippen molar-refractivity contribution in [2.24, 2.45) is 23.7 Å². The van der Waals surface area contributed by atoms with Gasteiger partial charge in [0.05, 0.1) is 33.8 Å². The molecule has 52 heavy (non-hydrogen) atoms. The van der Waals surface area contributed by atoms with Crippen LogP contribution in [0.4, 0.5) is 19.0 Å². The number of anilines is 1. The third kappa shape index (κ3) is 5.32. The highest BCUT2D eigenvalue weighted by Gasteiger charge is 2.70. The first-order valence-electron chi connectivity index (χ1n) is 16.9. The van der Waals surface area contributed by atoms with Crippen molar-refractivity contribution in [1.82, 2.24) is 14.9 Å². The summed E-state index contributed by atoms with van der Waals surface area (Å²) in [6.45, 7) is 5.91. The summed E-state index contributed by atoms with van der Waals surface area (Å²) in [7, 11) is 0. The SMILES string of the molecule is C=CCc1cccc(C2C3=CCC4C(=O)N(CCC)C(=O)C4C3CC3C(=O)N(Nc4ncc(C(F)(F)F)cc4Cl)C(=O)C32c2ccc(Cl)cc2)c1O. The predicted octanol–water partition coefficient (Wildman–Crippen LogP) is 7.24. The molecule has 3 aromatic rings. The van der Waals surface area contributed by atoms with Gasteiger partial charge in [-0.2, -0.15) is 18.2 Å². The van der Waals surface area contributed by atoms with Gasteiger partial charge < -0.3 is 5.11 Å². The summed E-state index contributed by atoms with van der Waals surface area (Å²) in [6, 6.07) is 12.2. The van der Waals surface area contributed by atoms with Crippen molar-refractivity contribution in [3.05, 3.63) is 111 Å². The highest BCUT2D eigenvalue weighted by molar-refractivity contribution is 6.33. The number of hydrogen-bond acceptors (Lipinski definition) is 7. The minimum Gasteiger partial charge on any atom is -0.507 e. The lowest BCUT2D eigenvalue weighted by Gasteiger charge is -2.50. The molecule has 14 heteroatoms. The summed E-state index contributed by atoms with van der Waals surface area (Å²) in [6.07, 6.45) is 0.317. The maximum absolute atomic E-state index is 15.3. The van der Waals surface area contributed by atoms with Crippen LogP contribution in [0, 0.1) is 23.7 Å². The second-order valence-corrected chi connectivity index (χ2v) is 14.4. The van der Waals surface area contributed by atoms with Gasteiger partial charge in [0.2, 0.25) is 11.8 Å². The highest BCUT2D eigenvalue weighted by atomic mass is 35.5. The van der Waals surface area contributed by atoms with Gasteiger partial charge in [-0.15, -0.1) is 6.58 Å². The molecular formula is C38H33Cl2F3N4O5. The zero-order valence-corrected chi connectivity index (χ0v) is 29.3. The van der Waals surface area contributed by atoms with E-state index in [1.54, 1.807) is 48.5 Å². The Morgan fingerprint density at radius 2 is 1.79 bits per heavy atom. The number of para-hydroxylation sites is 1. The molecule has 270 valence electrons. The third-order valence-electron chi connectivity index (χ3n) is 10.9. The Balaban J connectivity index is 1.46. The fraction of sp³-hybridized carbons (Fsp3) is 0.342. The van der Waals surface area contributed by atoms with E-state index in [4.69, 9.17) is 23.2 Å². The molecule has 1 aromatic heterocycles. The number of imide groups is 2. The molecule has 6 atom stereocenters. The van der Waals surface area contributed by atoms with Crippen molar-refractivity contribution >= 4 is 52.6 Å². The number of carbonyl (C=O) groups excluding carboxylic acids is 4. The molecule has 2 aliphatic heterocycles. The lowest BCUT2D eigenvalue weighted by molar-refractivity contribution is -0.141. The number of aromatic nitrogens is 1. The number of benzene rings is 2. The van der Waals surface area contributed by atoms with E-state index in [1.165, 1.54) is 4.90 Å². The van der Waals surface area contributed by atoms with Crippen molar-refractivity contribution in [3.8, 4) is 5.75 Å². The van der Waals surface area contributed by atoms with Crippen molar-refractivity contribution in [2.45, 2.75) is 50.1 Å². The number of phenols is 1. The number of rotatable bonds is 8. The molecule has 3 heterocycles. The first-order valence-corrected chi connectivity index (χ1v) is 17.6. The van der Waals surface area contributed by atoms with Gasteiger partial charge in [0.1, 0.15) is 5.75 Å². The molecular weight excluding hydrogens is 720 g/mol. The number of nitrogens with one attached hydrogen (secondary N) is 1. The molecule has 0 bridgehead atoms. The maximum Gasteiger partial charge on any atom is 0.417 e. The molecule has 2 aliphatic carbocycles. The first-order chi connectivity index (χ1) is 24.7. The van der Waals surface area contributed by atoms with E-state index >= 15 is 4.79 Å². The van der Waals surface area contributed by atoms with E-state index in [-0.39, 0.29) is 49.2 Å². The number of likely N-dealkylation sites (tertiary alicyclic amines) is 1. The molecule has 1 saturated carbocycles. The minimum absolute atomic E-state index is 0.0187. The van der Waals surface area contributed by atoms with Crippen LogP contribution in [0.5, 0.6) is 5.75 Å². The molecule has 2 N–H and O–H groups in total. The van der Waals surface area contributed by atoms with E-state index in [1.807, 2.05) is 13.0 Å². The number of hydrogen-bond donors (Lipinski definition) is 2.